The average Bonchev–Trinajstić information content (AvgIpc) is 3.23. The molecular weight excluding hydrogens is 388 g/mol. The minimum absolute atomic E-state index is 0.269. The van der Waals surface area contributed by atoms with Gasteiger partial charge in [-0.3, -0.25) is 18.7 Å². The van der Waals surface area contributed by atoms with E-state index in [0.29, 0.717) is 16.5 Å². The van der Waals surface area contributed by atoms with Crippen LogP contribution in [0, 0.1) is 6.92 Å². The summed E-state index contributed by atoms with van der Waals surface area (Å²) >= 11 is 1.29. The fourth-order valence-corrected chi connectivity index (χ4v) is 3.89. The first kappa shape index (κ1) is 19.0. The van der Waals surface area contributed by atoms with E-state index >= 15 is 0 Å². The highest BCUT2D eigenvalue weighted by atomic mass is 32.2. The number of nitrogens with zero attached hydrogens (tertiary/aromatic N) is 5. The predicted octanol–water partition coefficient (Wildman–Crippen LogP) is 2.65. The predicted molar refractivity (Wildman–Crippen MR) is 113 cm³/mol. The molecule has 0 spiro atoms. The molecule has 0 unspecified atom stereocenters. The van der Waals surface area contributed by atoms with Gasteiger partial charge in [0.25, 0.3) is 5.56 Å². The molecule has 1 aromatic carbocycles. The van der Waals surface area contributed by atoms with Crippen LogP contribution in [0.4, 0.5) is 5.69 Å². The summed E-state index contributed by atoms with van der Waals surface area (Å²) in [6.45, 7) is 3.58. The van der Waals surface area contributed by atoms with Crippen molar-refractivity contribution in [2.45, 2.75) is 24.3 Å². The van der Waals surface area contributed by atoms with E-state index in [1.807, 2.05) is 59.1 Å². The molecule has 0 aliphatic heterocycles. The molecule has 3 aromatic heterocycles. The fourth-order valence-electron chi connectivity index (χ4n) is 3.05. The molecule has 0 aliphatic rings. The number of fused-ring (bicyclic) bond motifs is 1. The maximum atomic E-state index is 13.0. The summed E-state index contributed by atoms with van der Waals surface area (Å²) in [7, 11) is 1.79. The van der Waals surface area contributed by atoms with Crippen LogP contribution in [0.2, 0.25) is 0 Å². The molecule has 1 N–H and O–H groups in total. The third-order valence-electron chi connectivity index (χ3n) is 4.74. The summed E-state index contributed by atoms with van der Waals surface area (Å²) in [5.41, 5.74) is 2.14. The van der Waals surface area contributed by atoms with Crippen molar-refractivity contribution in [1.82, 2.24) is 24.0 Å². The summed E-state index contributed by atoms with van der Waals surface area (Å²) in [6.07, 6.45) is 1.85. The topological polar surface area (TPSA) is 86.2 Å². The van der Waals surface area contributed by atoms with Crippen molar-refractivity contribution in [2.75, 3.05) is 5.32 Å². The van der Waals surface area contributed by atoms with Crippen LogP contribution in [0.25, 0.3) is 11.3 Å². The zero-order valence-corrected chi connectivity index (χ0v) is 17.1. The smallest absolute Gasteiger partial charge is 0.295 e. The summed E-state index contributed by atoms with van der Waals surface area (Å²) in [5.74, 6) is -0.270. The van der Waals surface area contributed by atoms with E-state index in [2.05, 4.69) is 15.5 Å². The average molecular weight is 408 g/mol. The summed E-state index contributed by atoms with van der Waals surface area (Å²) in [5, 5.41) is 11.2. The molecule has 0 bridgehead atoms. The van der Waals surface area contributed by atoms with E-state index in [1.165, 1.54) is 16.4 Å². The minimum Gasteiger partial charge on any atom is -0.319 e. The van der Waals surface area contributed by atoms with E-state index < -0.39 is 5.25 Å². The third-order valence-corrected chi connectivity index (χ3v) is 5.79. The lowest BCUT2D eigenvalue weighted by Gasteiger charge is -2.10. The number of nitrogens with one attached hydrogen (secondary N) is 1. The van der Waals surface area contributed by atoms with Gasteiger partial charge in [-0.15, -0.1) is 10.2 Å². The van der Waals surface area contributed by atoms with Gasteiger partial charge < -0.3 is 5.32 Å². The first-order valence-corrected chi connectivity index (χ1v) is 9.96. The molecule has 4 aromatic rings. The fraction of sp³-hybridized carbons (Fsp3) is 0.200. The van der Waals surface area contributed by atoms with Gasteiger partial charge in [0.05, 0.1) is 16.6 Å². The monoisotopic (exact) mass is 408 g/mol. The van der Waals surface area contributed by atoms with Gasteiger partial charge in [0.1, 0.15) is 5.69 Å². The van der Waals surface area contributed by atoms with Gasteiger partial charge in [-0.1, -0.05) is 36.0 Å². The second-order valence-corrected chi connectivity index (χ2v) is 7.91. The number of rotatable bonds is 5. The van der Waals surface area contributed by atoms with Crippen molar-refractivity contribution >= 4 is 29.0 Å². The van der Waals surface area contributed by atoms with E-state index in [9.17, 15) is 9.59 Å². The molecule has 148 valence electrons. The molecule has 8 nitrogen and oxygen atoms in total. The van der Waals surface area contributed by atoms with Crippen LogP contribution in [0.5, 0.6) is 0 Å². The van der Waals surface area contributed by atoms with Gasteiger partial charge >= 0.3 is 0 Å². The quantitative estimate of drug-likeness (QED) is 0.513. The van der Waals surface area contributed by atoms with Crippen LogP contribution in [0.1, 0.15) is 12.6 Å². The third kappa shape index (κ3) is 3.44. The Morgan fingerprint density at radius 2 is 1.83 bits per heavy atom. The highest BCUT2D eigenvalue weighted by Gasteiger charge is 2.22. The minimum atomic E-state index is -0.466. The van der Waals surface area contributed by atoms with Crippen molar-refractivity contribution in [3.63, 3.8) is 0 Å². The SMILES string of the molecule is Cc1c(NC(=O)[C@@H](C)Sc2nnc3ccccn23)c(=O)n(-c2ccccc2)n1C. The molecule has 29 heavy (non-hydrogen) atoms. The summed E-state index contributed by atoms with van der Waals surface area (Å²) < 4.78 is 5.09. The van der Waals surface area contributed by atoms with Crippen LogP contribution in [0.15, 0.2) is 64.7 Å². The Kier molecular flexibility index (Phi) is 4.98. The van der Waals surface area contributed by atoms with E-state index in [0.717, 1.165) is 5.69 Å². The molecule has 0 saturated heterocycles. The second-order valence-electron chi connectivity index (χ2n) is 6.60. The van der Waals surface area contributed by atoms with E-state index in [-0.39, 0.29) is 17.2 Å². The Morgan fingerprint density at radius 1 is 1.10 bits per heavy atom. The summed E-state index contributed by atoms with van der Waals surface area (Å²) in [4.78, 5) is 25.7. The number of carbonyl (C=O) groups is 1. The lowest BCUT2D eigenvalue weighted by atomic mass is 10.3. The Bertz CT molecular complexity index is 1240. The Labute approximate surface area is 171 Å². The molecule has 1 amide bonds. The second kappa shape index (κ2) is 7.59. The maximum absolute atomic E-state index is 13.0. The standard InChI is InChI=1S/C20H20N6O2S/c1-13-17(19(28)26(24(13)3)15-9-5-4-6-10-15)21-18(27)14(2)29-20-23-22-16-11-7-8-12-25(16)20/h4-12,14H,1-3H3,(H,21,27)/t14-/m1/s1. The van der Waals surface area contributed by atoms with Crippen molar-refractivity contribution in [3.8, 4) is 5.69 Å². The molecule has 4 rings (SSSR count). The van der Waals surface area contributed by atoms with Crippen LogP contribution in [0.3, 0.4) is 0 Å². The van der Waals surface area contributed by atoms with Gasteiger partial charge in [-0.25, -0.2) is 4.68 Å². The van der Waals surface area contributed by atoms with Crippen LogP contribution in [-0.4, -0.2) is 35.1 Å². The number of hydrogen-bond acceptors (Lipinski definition) is 5. The lowest BCUT2D eigenvalue weighted by Crippen LogP contribution is -2.27. The number of amides is 1. The molecule has 0 saturated carbocycles. The molecule has 9 heteroatoms. The van der Waals surface area contributed by atoms with Crippen molar-refractivity contribution < 1.29 is 4.79 Å². The number of thioether (sulfide) groups is 1. The lowest BCUT2D eigenvalue weighted by molar-refractivity contribution is -0.115. The van der Waals surface area contributed by atoms with Gasteiger partial charge in [0, 0.05) is 13.2 Å². The molecular formula is C20H20N6O2S. The first-order chi connectivity index (χ1) is 14.0. The number of anilines is 1. The molecule has 3 heterocycles. The molecule has 1 atom stereocenters. The van der Waals surface area contributed by atoms with Gasteiger partial charge in [0.2, 0.25) is 5.91 Å². The highest BCUT2D eigenvalue weighted by molar-refractivity contribution is 8.00. The number of carbonyl (C=O) groups excluding carboxylic acids is 1. The molecule has 0 radical (unpaired) electrons. The molecule has 0 fully saturated rings. The van der Waals surface area contributed by atoms with Crippen molar-refractivity contribution in [1.29, 1.82) is 0 Å². The zero-order valence-electron chi connectivity index (χ0n) is 16.2. The van der Waals surface area contributed by atoms with Crippen molar-refractivity contribution in [2.24, 2.45) is 7.05 Å². The van der Waals surface area contributed by atoms with Crippen LogP contribution in [-0.2, 0) is 11.8 Å². The zero-order chi connectivity index (χ0) is 20.5. The van der Waals surface area contributed by atoms with Gasteiger partial charge in [-0.2, -0.15) is 0 Å². The Balaban J connectivity index is 1.58. The van der Waals surface area contributed by atoms with Crippen LogP contribution < -0.4 is 10.9 Å². The van der Waals surface area contributed by atoms with Crippen LogP contribution >= 0.6 is 11.8 Å². The number of benzene rings is 1. The Morgan fingerprint density at radius 3 is 2.59 bits per heavy atom. The highest BCUT2D eigenvalue weighted by Crippen LogP contribution is 2.23. The largest absolute Gasteiger partial charge is 0.319 e. The van der Waals surface area contributed by atoms with Crippen molar-refractivity contribution in [3.05, 3.63) is 70.8 Å². The molecule has 0 aliphatic carbocycles. The number of hydrogen-bond donors (Lipinski definition) is 1. The number of pyridine rings is 1. The summed E-state index contributed by atoms with van der Waals surface area (Å²) in [6, 6.07) is 14.9. The Hall–Kier alpha value is -3.33. The van der Waals surface area contributed by atoms with Gasteiger partial charge in [-0.05, 0) is 38.1 Å². The van der Waals surface area contributed by atoms with E-state index in [1.54, 1.807) is 25.6 Å². The normalized spacial score (nSPS) is 12.2. The number of aromatic nitrogens is 5. The van der Waals surface area contributed by atoms with E-state index in [4.69, 9.17) is 0 Å². The first-order valence-electron chi connectivity index (χ1n) is 9.08. The maximum Gasteiger partial charge on any atom is 0.295 e. The van der Waals surface area contributed by atoms with Gasteiger partial charge in [0.15, 0.2) is 10.8 Å². The number of para-hydroxylation sites is 1.